The summed E-state index contributed by atoms with van der Waals surface area (Å²) in [6.07, 6.45) is 0. The summed E-state index contributed by atoms with van der Waals surface area (Å²) >= 11 is 0. The molecule has 4 heteroatoms. The first-order valence-electron chi connectivity index (χ1n) is 4.13. The Bertz CT molecular complexity index is 361. The number of carbonyl (C=O) groups excluding carboxylic acids is 1. The Hall–Kier alpha value is -1.71. The molecule has 0 aliphatic carbocycles. The highest BCUT2D eigenvalue weighted by Gasteiger charge is 2.14. The second-order valence-corrected chi connectivity index (χ2v) is 2.85. The first-order valence-corrected chi connectivity index (χ1v) is 4.13. The fraction of sp³-hybridized carbons (Fsp3) is 0.300. The molecule has 0 unspecified atom stereocenters. The highest BCUT2D eigenvalue weighted by atomic mass is 16.5. The van der Waals surface area contributed by atoms with Gasteiger partial charge in [-0.1, -0.05) is 0 Å². The molecule has 0 radical (unpaired) electrons. The summed E-state index contributed by atoms with van der Waals surface area (Å²) in [6.45, 7) is 1.77. The van der Waals surface area contributed by atoms with Gasteiger partial charge in [0.1, 0.15) is 5.75 Å². The molecule has 2 N–H and O–H groups in total. The molecule has 0 aliphatic rings. The van der Waals surface area contributed by atoms with Crippen LogP contribution in [0.25, 0.3) is 0 Å². The van der Waals surface area contributed by atoms with Crippen molar-refractivity contribution < 1.29 is 14.3 Å². The third kappa shape index (κ3) is 1.64. The van der Waals surface area contributed by atoms with E-state index in [9.17, 15) is 4.79 Å². The van der Waals surface area contributed by atoms with E-state index in [-0.39, 0.29) is 5.97 Å². The summed E-state index contributed by atoms with van der Waals surface area (Å²) in [5, 5.41) is 0. The lowest BCUT2D eigenvalue weighted by Crippen LogP contribution is -2.06. The second-order valence-electron chi connectivity index (χ2n) is 2.85. The van der Waals surface area contributed by atoms with Crippen molar-refractivity contribution in [2.45, 2.75) is 6.92 Å². The third-order valence-electron chi connectivity index (χ3n) is 2.05. The number of anilines is 1. The van der Waals surface area contributed by atoms with E-state index < -0.39 is 0 Å². The average Bonchev–Trinajstić information content (AvgIpc) is 2.18. The highest BCUT2D eigenvalue weighted by molar-refractivity contribution is 5.92. The maximum absolute atomic E-state index is 11.3. The predicted molar refractivity (Wildman–Crippen MR) is 53.5 cm³/mol. The normalized spacial score (nSPS) is 9.64. The Labute approximate surface area is 82.6 Å². The Morgan fingerprint density at radius 2 is 2.00 bits per heavy atom. The SMILES string of the molecule is COC(=O)c1ccc(N)c(OC)c1C. The van der Waals surface area contributed by atoms with E-state index in [4.69, 9.17) is 10.5 Å². The number of carbonyl (C=O) groups is 1. The van der Waals surface area contributed by atoms with E-state index in [1.807, 2.05) is 0 Å². The predicted octanol–water partition coefficient (Wildman–Crippen LogP) is 1.37. The molecule has 0 atom stereocenters. The van der Waals surface area contributed by atoms with Crippen molar-refractivity contribution in [3.05, 3.63) is 23.3 Å². The highest BCUT2D eigenvalue weighted by Crippen LogP contribution is 2.28. The minimum absolute atomic E-state index is 0.388. The van der Waals surface area contributed by atoms with Crippen LogP contribution in [0.4, 0.5) is 5.69 Å². The Balaban J connectivity index is 3.28. The van der Waals surface area contributed by atoms with E-state index in [1.54, 1.807) is 19.1 Å². The molecule has 0 aromatic heterocycles. The van der Waals surface area contributed by atoms with Crippen molar-refractivity contribution >= 4 is 11.7 Å². The van der Waals surface area contributed by atoms with E-state index >= 15 is 0 Å². The number of hydrogen-bond donors (Lipinski definition) is 1. The van der Waals surface area contributed by atoms with Gasteiger partial charge in [-0.15, -0.1) is 0 Å². The van der Waals surface area contributed by atoms with Crippen molar-refractivity contribution in [1.82, 2.24) is 0 Å². The molecule has 0 fully saturated rings. The van der Waals surface area contributed by atoms with Crippen LogP contribution in [-0.4, -0.2) is 20.2 Å². The van der Waals surface area contributed by atoms with E-state index in [2.05, 4.69) is 4.74 Å². The van der Waals surface area contributed by atoms with Crippen LogP contribution in [0.2, 0.25) is 0 Å². The van der Waals surface area contributed by atoms with Crippen LogP contribution in [0, 0.1) is 6.92 Å². The van der Waals surface area contributed by atoms with E-state index in [0.29, 0.717) is 22.6 Å². The molecule has 0 saturated heterocycles. The van der Waals surface area contributed by atoms with Crippen molar-refractivity contribution in [3.8, 4) is 5.75 Å². The number of nitrogens with two attached hydrogens (primary N) is 1. The molecule has 76 valence electrons. The molecule has 1 rings (SSSR count). The molecular formula is C10H13NO3. The number of methoxy groups -OCH3 is 2. The van der Waals surface area contributed by atoms with E-state index in [1.165, 1.54) is 14.2 Å². The first-order chi connectivity index (χ1) is 6.61. The molecule has 0 bridgehead atoms. The smallest absolute Gasteiger partial charge is 0.338 e. The summed E-state index contributed by atoms with van der Waals surface area (Å²) in [5.41, 5.74) is 7.34. The zero-order chi connectivity index (χ0) is 10.7. The minimum atomic E-state index is -0.388. The minimum Gasteiger partial charge on any atom is -0.494 e. The molecular weight excluding hydrogens is 182 g/mol. The number of nitrogen functional groups attached to an aromatic ring is 1. The number of ether oxygens (including phenoxy) is 2. The van der Waals surface area contributed by atoms with Crippen LogP contribution in [0.3, 0.4) is 0 Å². The third-order valence-corrected chi connectivity index (χ3v) is 2.05. The zero-order valence-corrected chi connectivity index (χ0v) is 8.46. The van der Waals surface area contributed by atoms with Crippen LogP contribution in [0.15, 0.2) is 12.1 Å². The fourth-order valence-electron chi connectivity index (χ4n) is 1.31. The van der Waals surface area contributed by atoms with Gasteiger partial charge in [0.15, 0.2) is 0 Å². The van der Waals surface area contributed by atoms with Gasteiger partial charge in [0.25, 0.3) is 0 Å². The summed E-state index contributed by atoms with van der Waals surface area (Å²) in [6, 6.07) is 3.25. The summed E-state index contributed by atoms with van der Waals surface area (Å²) in [4.78, 5) is 11.3. The van der Waals surface area contributed by atoms with Crippen molar-refractivity contribution in [3.63, 3.8) is 0 Å². The van der Waals surface area contributed by atoms with Crippen molar-refractivity contribution in [1.29, 1.82) is 0 Å². The maximum Gasteiger partial charge on any atom is 0.338 e. The Kier molecular flexibility index (Phi) is 2.96. The maximum atomic E-state index is 11.3. The van der Waals surface area contributed by atoms with Gasteiger partial charge in [0.05, 0.1) is 25.5 Å². The number of benzene rings is 1. The van der Waals surface area contributed by atoms with Gasteiger partial charge in [-0.05, 0) is 19.1 Å². The molecule has 0 spiro atoms. The molecule has 0 heterocycles. The van der Waals surface area contributed by atoms with Crippen LogP contribution >= 0.6 is 0 Å². The molecule has 0 aliphatic heterocycles. The Morgan fingerprint density at radius 3 is 2.50 bits per heavy atom. The topological polar surface area (TPSA) is 61.5 Å². The van der Waals surface area contributed by atoms with E-state index in [0.717, 1.165) is 0 Å². The van der Waals surface area contributed by atoms with Gasteiger partial charge in [0, 0.05) is 5.56 Å². The van der Waals surface area contributed by atoms with Crippen LogP contribution in [0.1, 0.15) is 15.9 Å². The molecule has 0 saturated carbocycles. The van der Waals surface area contributed by atoms with Gasteiger partial charge in [-0.2, -0.15) is 0 Å². The van der Waals surface area contributed by atoms with Crippen LogP contribution in [-0.2, 0) is 4.74 Å². The summed E-state index contributed by atoms with van der Waals surface area (Å²) in [7, 11) is 2.85. The lowest BCUT2D eigenvalue weighted by molar-refractivity contribution is 0.0599. The monoisotopic (exact) mass is 195 g/mol. The number of rotatable bonds is 2. The second kappa shape index (κ2) is 4.00. The van der Waals surface area contributed by atoms with Gasteiger partial charge in [0.2, 0.25) is 0 Å². The quantitative estimate of drug-likeness (QED) is 0.572. The molecule has 14 heavy (non-hydrogen) atoms. The van der Waals surface area contributed by atoms with Crippen LogP contribution in [0.5, 0.6) is 5.75 Å². The van der Waals surface area contributed by atoms with Gasteiger partial charge in [-0.25, -0.2) is 4.79 Å². The largest absolute Gasteiger partial charge is 0.494 e. The summed E-state index contributed by atoms with van der Waals surface area (Å²) in [5.74, 6) is 0.133. The lowest BCUT2D eigenvalue weighted by atomic mass is 10.1. The number of esters is 1. The number of hydrogen-bond acceptors (Lipinski definition) is 4. The molecule has 1 aromatic carbocycles. The fourth-order valence-corrected chi connectivity index (χ4v) is 1.31. The zero-order valence-electron chi connectivity index (χ0n) is 8.46. The van der Waals surface area contributed by atoms with Gasteiger partial charge in [-0.3, -0.25) is 0 Å². The standard InChI is InChI=1S/C10H13NO3/c1-6-7(10(12)14-3)4-5-8(11)9(6)13-2/h4-5H,11H2,1-3H3. The first kappa shape index (κ1) is 10.4. The van der Waals surface area contributed by atoms with Crippen LogP contribution < -0.4 is 10.5 Å². The van der Waals surface area contributed by atoms with Gasteiger partial charge < -0.3 is 15.2 Å². The molecule has 1 aromatic rings. The van der Waals surface area contributed by atoms with Crippen molar-refractivity contribution in [2.75, 3.05) is 20.0 Å². The van der Waals surface area contributed by atoms with Crippen molar-refractivity contribution in [2.24, 2.45) is 0 Å². The summed E-state index contributed by atoms with van der Waals surface area (Å²) < 4.78 is 9.70. The molecule has 0 amide bonds. The Morgan fingerprint density at radius 1 is 1.36 bits per heavy atom. The molecule has 4 nitrogen and oxygen atoms in total. The van der Waals surface area contributed by atoms with Gasteiger partial charge >= 0.3 is 5.97 Å². The average molecular weight is 195 g/mol. The lowest BCUT2D eigenvalue weighted by Gasteiger charge is -2.10.